The van der Waals surface area contributed by atoms with Gasteiger partial charge in [-0.3, -0.25) is 4.79 Å². The van der Waals surface area contributed by atoms with Gasteiger partial charge in [-0.1, -0.05) is 13.0 Å². The van der Waals surface area contributed by atoms with E-state index in [1.807, 2.05) is 17.2 Å². The Morgan fingerprint density at radius 2 is 2.14 bits per heavy atom. The number of likely N-dealkylation sites (tertiary alicyclic amines) is 1. The van der Waals surface area contributed by atoms with Crippen LogP contribution in [0.4, 0.5) is 0 Å². The second-order valence-electron chi connectivity index (χ2n) is 8.00. The highest BCUT2D eigenvalue weighted by Crippen LogP contribution is 2.38. The third-order valence-electron chi connectivity index (χ3n) is 5.62. The summed E-state index contributed by atoms with van der Waals surface area (Å²) >= 11 is 0. The predicted molar refractivity (Wildman–Crippen MR) is 103 cm³/mol. The quantitative estimate of drug-likeness (QED) is 0.733. The summed E-state index contributed by atoms with van der Waals surface area (Å²) in [5.41, 5.74) is 2.28. The van der Waals surface area contributed by atoms with Gasteiger partial charge in [-0.15, -0.1) is 0 Å². The molecule has 28 heavy (non-hydrogen) atoms. The number of aromatic nitrogens is 2. The molecule has 0 bridgehead atoms. The monoisotopic (exact) mass is 385 g/mol. The summed E-state index contributed by atoms with van der Waals surface area (Å²) in [4.78, 5) is 18.8. The molecule has 1 amide bonds. The van der Waals surface area contributed by atoms with Gasteiger partial charge in [0.15, 0.2) is 11.5 Å². The molecule has 1 aromatic carbocycles. The van der Waals surface area contributed by atoms with Crippen LogP contribution in [0.3, 0.4) is 0 Å². The third kappa shape index (κ3) is 3.99. The molecule has 1 fully saturated rings. The molecular formula is C21H27N3O4. The number of fused-ring (bicyclic) bond motifs is 1. The summed E-state index contributed by atoms with van der Waals surface area (Å²) in [6.07, 6.45) is 6.00. The van der Waals surface area contributed by atoms with Gasteiger partial charge in [0.05, 0.1) is 25.2 Å². The Morgan fingerprint density at radius 3 is 3.00 bits per heavy atom. The minimum atomic E-state index is 0.0268. The molecule has 1 saturated heterocycles. The van der Waals surface area contributed by atoms with E-state index in [-0.39, 0.29) is 18.1 Å². The van der Waals surface area contributed by atoms with Crippen LogP contribution in [0, 0.1) is 5.41 Å². The van der Waals surface area contributed by atoms with Gasteiger partial charge in [-0.05, 0) is 36.0 Å². The van der Waals surface area contributed by atoms with Crippen LogP contribution in [-0.4, -0.2) is 47.4 Å². The first kappa shape index (κ1) is 18.8. The number of methoxy groups -OCH3 is 1. The van der Waals surface area contributed by atoms with E-state index in [2.05, 4.69) is 28.6 Å². The lowest BCUT2D eigenvalue weighted by Gasteiger charge is -2.40. The third-order valence-corrected chi connectivity index (χ3v) is 5.62. The minimum Gasteiger partial charge on any atom is -0.454 e. The number of amides is 1. The molecular weight excluding hydrogens is 358 g/mol. The van der Waals surface area contributed by atoms with E-state index >= 15 is 0 Å². The van der Waals surface area contributed by atoms with Crippen molar-refractivity contribution in [3.8, 4) is 11.5 Å². The number of hydrogen-bond donors (Lipinski definition) is 0. The Balaban J connectivity index is 1.45. The number of nitrogens with zero attached hydrogens (tertiary/aromatic N) is 3. The Labute approximate surface area is 165 Å². The molecule has 3 heterocycles. The van der Waals surface area contributed by atoms with Crippen LogP contribution >= 0.6 is 0 Å². The number of ether oxygens (including phenoxy) is 3. The average molecular weight is 385 g/mol. The maximum Gasteiger partial charge on any atom is 0.231 e. The molecule has 0 saturated carbocycles. The zero-order valence-electron chi connectivity index (χ0n) is 16.5. The van der Waals surface area contributed by atoms with Gasteiger partial charge in [0.2, 0.25) is 12.7 Å². The van der Waals surface area contributed by atoms with Crippen molar-refractivity contribution >= 4 is 5.91 Å². The van der Waals surface area contributed by atoms with Gasteiger partial charge in [0, 0.05) is 32.8 Å². The van der Waals surface area contributed by atoms with Gasteiger partial charge in [-0.2, -0.15) is 0 Å². The van der Waals surface area contributed by atoms with E-state index in [0.717, 1.165) is 43.1 Å². The fourth-order valence-electron chi connectivity index (χ4n) is 4.09. The Bertz CT molecular complexity index is 850. The summed E-state index contributed by atoms with van der Waals surface area (Å²) in [6, 6.07) is 6.13. The molecule has 2 aliphatic heterocycles. The fraction of sp³-hybridized carbons (Fsp3) is 0.524. The molecule has 150 valence electrons. The molecule has 0 unspecified atom stereocenters. The molecule has 4 rings (SSSR count). The van der Waals surface area contributed by atoms with Crippen molar-refractivity contribution in [1.82, 2.24) is 14.5 Å². The lowest BCUT2D eigenvalue weighted by Crippen LogP contribution is -2.46. The van der Waals surface area contributed by atoms with Crippen molar-refractivity contribution in [3.05, 3.63) is 42.0 Å². The molecule has 0 spiro atoms. The number of rotatable bonds is 7. The first-order valence-corrected chi connectivity index (χ1v) is 9.71. The predicted octanol–water partition coefficient (Wildman–Crippen LogP) is 2.63. The van der Waals surface area contributed by atoms with Gasteiger partial charge >= 0.3 is 0 Å². The number of carbonyl (C=O) groups excluding carboxylic acids is 1. The molecule has 0 N–H and O–H groups in total. The molecule has 1 atom stereocenters. The van der Waals surface area contributed by atoms with E-state index in [4.69, 9.17) is 14.2 Å². The van der Waals surface area contributed by atoms with Crippen molar-refractivity contribution < 1.29 is 19.0 Å². The number of imidazole rings is 1. The van der Waals surface area contributed by atoms with Crippen molar-refractivity contribution in [2.24, 2.45) is 5.41 Å². The first-order chi connectivity index (χ1) is 13.6. The standard InChI is InChI=1S/C21H27N3O4/c1-21(10-16-3-4-18-19(9-16)28-15-27-18)6-5-20(25)24(13-21)12-17-11-22-14-23(17)7-8-26-2/h3-4,9,11,14H,5-8,10,12-13,15H2,1-2H3/t21-/m0/s1. The van der Waals surface area contributed by atoms with E-state index in [1.54, 1.807) is 13.4 Å². The summed E-state index contributed by atoms with van der Waals surface area (Å²) in [7, 11) is 1.69. The van der Waals surface area contributed by atoms with E-state index < -0.39 is 0 Å². The highest BCUT2D eigenvalue weighted by molar-refractivity contribution is 5.77. The maximum absolute atomic E-state index is 12.6. The van der Waals surface area contributed by atoms with Crippen molar-refractivity contribution in [2.75, 3.05) is 27.1 Å². The second-order valence-corrected chi connectivity index (χ2v) is 8.00. The topological polar surface area (TPSA) is 65.8 Å². The number of carbonyl (C=O) groups is 1. The van der Waals surface area contributed by atoms with Gasteiger partial charge in [0.25, 0.3) is 0 Å². The lowest BCUT2D eigenvalue weighted by atomic mass is 9.76. The fourth-order valence-corrected chi connectivity index (χ4v) is 4.09. The summed E-state index contributed by atoms with van der Waals surface area (Å²) in [5.74, 6) is 1.83. The highest BCUT2D eigenvalue weighted by atomic mass is 16.7. The Hall–Kier alpha value is -2.54. The number of piperidine rings is 1. The first-order valence-electron chi connectivity index (χ1n) is 9.71. The smallest absolute Gasteiger partial charge is 0.231 e. The van der Waals surface area contributed by atoms with E-state index in [9.17, 15) is 4.79 Å². The van der Waals surface area contributed by atoms with Crippen molar-refractivity contribution in [3.63, 3.8) is 0 Å². The largest absolute Gasteiger partial charge is 0.454 e. The van der Waals surface area contributed by atoms with Crippen molar-refractivity contribution in [1.29, 1.82) is 0 Å². The van der Waals surface area contributed by atoms with Crippen LogP contribution in [0.15, 0.2) is 30.7 Å². The molecule has 2 aromatic rings. The molecule has 7 nitrogen and oxygen atoms in total. The van der Waals surface area contributed by atoms with Crippen LogP contribution in [-0.2, 0) is 29.0 Å². The zero-order valence-corrected chi connectivity index (χ0v) is 16.5. The molecule has 2 aliphatic rings. The highest BCUT2D eigenvalue weighted by Gasteiger charge is 2.35. The SMILES string of the molecule is COCCn1cncc1CN1C[C@](C)(Cc2ccc3c(c2)OCO3)CCC1=O. The van der Waals surface area contributed by atoms with E-state index in [0.29, 0.717) is 19.6 Å². The summed E-state index contributed by atoms with van der Waals surface area (Å²) < 4.78 is 18.1. The second kappa shape index (κ2) is 7.83. The van der Waals surface area contributed by atoms with Crippen molar-refractivity contribution in [2.45, 2.75) is 39.3 Å². The average Bonchev–Trinajstić information content (AvgIpc) is 3.32. The lowest BCUT2D eigenvalue weighted by molar-refractivity contribution is -0.138. The molecule has 0 radical (unpaired) electrons. The molecule has 1 aromatic heterocycles. The zero-order chi connectivity index (χ0) is 19.6. The van der Waals surface area contributed by atoms with Gasteiger partial charge < -0.3 is 23.7 Å². The van der Waals surface area contributed by atoms with Crippen LogP contribution < -0.4 is 9.47 Å². The molecule has 0 aliphatic carbocycles. The number of hydrogen-bond acceptors (Lipinski definition) is 5. The molecule has 7 heteroatoms. The van der Waals surface area contributed by atoms with Crippen LogP contribution in [0.1, 0.15) is 31.0 Å². The minimum absolute atomic E-state index is 0.0268. The van der Waals surface area contributed by atoms with E-state index in [1.165, 1.54) is 5.56 Å². The Morgan fingerprint density at radius 1 is 1.29 bits per heavy atom. The normalized spacial score (nSPS) is 21.4. The van der Waals surface area contributed by atoms with Gasteiger partial charge in [0.1, 0.15) is 0 Å². The number of benzene rings is 1. The summed E-state index contributed by atoms with van der Waals surface area (Å²) in [5, 5.41) is 0. The Kier molecular flexibility index (Phi) is 5.26. The maximum atomic E-state index is 12.6. The van der Waals surface area contributed by atoms with Gasteiger partial charge in [-0.25, -0.2) is 4.98 Å². The van der Waals surface area contributed by atoms with Crippen LogP contribution in [0.2, 0.25) is 0 Å². The van der Waals surface area contributed by atoms with Crippen LogP contribution in [0.5, 0.6) is 11.5 Å². The van der Waals surface area contributed by atoms with Crippen LogP contribution in [0.25, 0.3) is 0 Å². The summed E-state index contributed by atoms with van der Waals surface area (Å²) in [6.45, 7) is 5.23.